The molecule has 3 rings (SSSR count). The summed E-state index contributed by atoms with van der Waals surface area (Å²) in [6.45, 7) is 3.78. The summed E-state index contributed by atoms with van der Waals surface area (Å²) in [6.07, 6.45) is 3.50. The number of carbonyl (C=O) groups is 1. The van der Waals surface area contributed by atoms with Gasteiger partial charge in [0, 0.05) is 17.5 Å². The number of anilines is 1. The molecule has 0 aliphatic heterocycles. The summed E-state index contributed by atoms with van der Waals surface area (Å²) in [4.78, 5) is 12.3. The average molecular weight is 316 g/mol. The van der Waals surface area contributed by atoms with Crippen molar-refractivity contribution in [2.45, 2.75) is 44.1 Å². The van der Waals surface area contributed by atoms with E-state index in [9.17, 15) is 4.79 Å². The summed E-state index contributed by atoms with van der Waals surface area (Å²) in [5, 5.41) is 6.82. The molecule has 2 aromatic rings. The van der Waals surface area contributed by atoms with Crippen molar-refractivity contribution in [2.24, 2.45) is 0 Å². The lowest BCUT2D eigenvalue weighted by Gasteiger charge is -2.12. The molecule has 1 unspecified atom stereocenters. The van der Waals surface area contributed by atoms with E-state index in [1.165, 1.54) is 17.5 Å². The Bertz CT molecular complexity index is 681. The van der Waals surface area contributed by atoms with Gasteiger partial charge in [-0.25, -0.2) is 0 Å². The van der Waals surface area contributed by atoms with Crippen molar-refractivity contribution in [3.05, 3.63) is 46.8 Å². The summed E-state index contributed by atoms with van der Waals surface area (Å²) < 4.78 is 5.03. The highest BCUT2D eigenvalue weighted by Gasteiger charge is 2.16. The number of aryl methyl sites for hydroxylation is 3. The molecular formula is C17H20N2O2S. The lowest BCUT2D eigenvalue weighted by molar-refractivity contribution is -0.115. The van der Waals surface area contributed by atoms with Gasteiger partial charge >= 0.3 is 0 Å². The van der Waals surface area contributed by atoms with E-state index in [4.69, 9.17) is 4.52 Å². The van der Waals surface area contributed by atoms with E-state index in [0.717, 1.165) is 30.0 Å². The molecule has 1 atom stereocenters. The first-order valence-corrected chi connectivity index (χ1v) is 8.63. The number of benzene rings is 1. The van der Waals surface area contributed by atoms with Gasteiger partial charge in [-0.1, -0.05) is 11.2 Å². The van der Waals surface area contributed by atoms with Crippen molar-refractivity contribution in [1.82, 2.24) is 5.16 Å². The minimum absolute atomic E-state index is 0.0307. The topological polar surface area (TPSA) is 55.1 Å². The number of hydrogen-bond donors (Lipinski definition) is 1. The highest BCUT2D eigenvalue weighted by atomic mass is 32.2. The van der Waals surface area contributed by atoms with Crippen LogP contribution in [0.5, 0.6) is 0 Å². The third-order valence-electron chi connectivity index (χ3n) is 3.89. The molecule has 1 aromatic carbocycles. The maximum atomic E-state index is 12.3. The SMILES string of the molecule is Cc1cc(CSC(C)C(=O)Nc2ccc3c(c2)CCC3)no1. The Morgan fingerprint density at radius 1 is 1.36 bits per heavy atom. The molecule has 0 fully saturated rings. The van der Waals surface area contributed by atoms with Gasteiger partial charge in [0.25, 0.3) is 0 Å². The van der Waals surface area contributed by atoms with Crippen LogP contribution in [0.3, 0.4) is 0 Å². The average Bonchev–Trinajstić information content (AvgIpc) is 3.12. The predicted molar refractivity (Wildman–Crippen MR) is 89.1 cm³/mol. The Morgan fingerprint density at radius 2 is 2.18 bits per heavy atom. The molecule has 5 heteroatoms. The minimum Gasteiger partial charge on any atom is -0.361 e. The fraction of sp³-hybridized carbons (Fsp3) is 0.412. The molecule has 0 radical (unpaired) electrons. The van der Waals surface area contributed by atoms with E-state index >= 15 is 0 Å². The largest absolute Gasteiger partial charge is 0.361 e. The van der Waals surface area contributed by atoms with Crippen LogP contribution in [0.25, 0.3) is 0 Å². The van der Waals surface area contributed by atoms with E-state index < -0.39 is 0 Å². The van der Waals surface area contributed by atoms with Crippen molar-refractivity contribution < 1.29 is 9.32 Å². The van der Waals surface area contributed by atoms with Crippen LogP contribution in [0.15, 0.2) is 28.8 Å². The third-order valence-corrected chi connectivity index (χ3v) is 5.07. The zero-order chi connectivity index (χ0) is 15.5. The first-order valence-electron chi connectivity index (χ1n) is 7.58. The zero-order valence-corrected chi connectivity index (χ0v) is 13.7. The Morgan fingerprint density at radius 3 is 2.95 bits per heavy atom. The lowest BCUT2D eigenvalue weighted by Crippen LogP contribution is -2.22. The number of carbonyl (C=O) groups excluding carboxylic acids is 1. The highest BCUT2D eigenvalue weighted by molar-refractivity contribution is 7.99. The van der Waals surface area contributed by atoms with Gasteiger partial charge in [-0.05, 0) is 56.4 Å². The summed E-state index contributed by atoms with van der Waals surface area (Å²) in [7, 11) is 0. The molecule has 1 heterocycles. The van der Waals surface area contributed by atoms with Crippen molar-refractivity contribution >= 4 is 23.4 Å². The zero-order valence-electron chi connectivity index (χ0n) is 12.9. The fourth-order valence-corrected chi connectivity index (χ4v) is 3.43. The van der Waals surface area contributed by atoms with Crippen molar-refractivity contribution in [2.75, 3.05) is 5.32 Å². The molecule has 1 amide bonds. The van der Waals surface area contributed by atoms with Gasteiger partial charge in [0.2, 0.25) is 5.91 Å². The summed E-state index contributed by atoms with van der Waals surface area (Å²) in [6, 6.07) is 8.14. The van der Waals surface area contributed by atoms with Gasteiger partial charge in [-0.2, -0.15) is 0 Å². The Hall–Kier alpha value is -1.75. The maximum absolute atomic E-state index is 12.3. The van der Waals surface area contributed by atoms with Crippen LogP contribution >= 0.6 is 11.8 Å². The van der Waals surface area contributed by atoms with Gasteiger partial charge in [-0.3, -0.25) is 4.79 Å². The van der Waals surface area contributed by atoms with Gasteiger partial charge in [0.15, 0.2) is 0 Å². The molecule has 1 N–H and O–H groups in total. The van der Waals surface area contributed by atoms with Gasteiger partial charge < -0.3 is 9.84 Å². The summed E-state index contributed by atoms with van der Waals surface area (Å²) in [5.74, 6) is 1.50. The van der Waals surface area contributed by atoms with Crippen LogP contribution < -0.4 is 5.32 Å². The first kappa shape index (κ1) is 15.2. The van der Waals surface area contributed by atoms with Crippen LogP contribution in [-0.2, 0) is 23.4 Å². The number of fused-ring (bicyclic) bond motifs is 1. The summed E-state index contributed by atoms with van der Waals surface area (Å²) >= 11 is 1.56. The Labute approximate surface area is 134 Å². The molecule has 0 bridgehead atoms. The van der Waals surface area contributed by atoms with E-state index in [1.54, 1.807) is 11.8 Å². The van der Waals surface area contributed by atoms with E-state index in [0.29, 0.717) is 5.75 Å². The van der Waals surface area contributed by atoms with Crippen LogP contribution in [0, 0.1) is 6.92 Å². The fourth-order valence-electron chi connectivity index (χ4n) is 2.67. The molecule has 4 nitrogen and oxygen atoms in total. The second-order valence-corrected chi connectivity index (χ2v) is 7.04. The van der Waals surface area contributed by atoms with Crippen LogP contribution in [0.1, 0.15) is 35.9 Å². The van der Waals surface area contributed by atoms with Crippen molar-refractivity contribution in [3.8, 4) is 0 Å². The number of nitrogens with zero attached hydrogens (tertiary/aromatic N) is 1. The molecular weight excluding hydrogens is 296 g/mol. The Kier molecular flexibility index (Phi) is 4.52. The standard InChI is InChI=1S/C17H20N2O2S/c1-11-8-16(19-21-11)10-22-12(2)17(20)18-15-7-6-13-4-3-5-14(13)9-15/h6-9,12H,3-5,10H2,1-2H3,(H,18,20). The maximum Gasteiger partial charge on any atom is 0.237 e. The molecule has 0 saturated carbocycles. The quantitative estimate of drug-likeness (QED) is 0.913. The lowest BCUT2D eigenvalue weighted by atomic mass is 10.1. The Balaban J connectivity index is 1.54. The normalized spacial score (nSPS) is 14.6. The summed E-state index contributed by atoms with van der Waals surface area (Å²) in [5.41, 5.74) is 4.56. The molecule has 1 aromatic heterocycles. The van der Waals surface area contributed by atoms with Gasteiger partial charge in [-0.15, -0.1) is 11.8 Å². The molecule has 1 aliphatic carbocycles. The number of hydrogen-bond acceptors (Lipinski definition) is 4. The van der Waals surface area contributed by atoms with Crippen LogP contribution in [-0.4, -0.2) is 16.3 Å². The monoisotopic (exact) mass is 316 g/mol. The second-order valence-electron chi connectivity index (χ2n) is 5.71. The number of nitrogens with one attached hydrogen (secondary N) is 1. The molecule has 22 heavy (non-hydrogen) atoms. The smallest absolute Gasteiger partial charge is 0.237 e. The third kappa shape index (κ3) is 3.53. The number of rotatable bonds is 5. The van der Waals surface area contributed by atoms with E-state index in [-0.39, 0.29) is 11.2 Å². The van der Waals surface area contributed by atoms with Crippen molar-refractivity contribution in [1.29, 1.82) is 0 Å². The van der Waals surface area contributed by atoms with Crippen LogP contribution in [0.4, 0.5) is 5.69 Å². The highest BCUT2D eigenvalue weighted by Crippen LogP contribution is 2.25. The van der Waals surface area contributed by atoms with E-state index in [1.807, 2.05) is 26.0 Å². The number of amides is 1. The van der Waals surface area contributed by atoms with Gasteiger partial charge in [0.05, 0.1) is 10.9 Å². The first-order chi connectivity index (χ1) is 10.6. The van der Waals surface area contributed by atoms with Crippen molar-refractivity contribution in [3.63, 3.8) is 0 Å². The van der Waals surface area contributed by atoms with Crippen LogP contribution in [0.2, 0.25) is 0 Å². The molecule has 0 spiro atoms. The molecule has 0 saturated heterocycles. The van der Waals surface area contributed by atoms with Gasteiger partial charge in [0.1, 0.15) is 5.76 Å². The minimum atomic E-state index is -0.134. The molecule has 1 aliphatic rings. The second kappa shape index (κ2) is 6.57. The number of aromatic nitrogens is 1. The predicted octanol–water partition coefficient (Wildman–Crippen LogP) is 3.73. The van der Waals surface area contributed by atoms with E-state index in [2.05, 4.69) is 22.6 Å². The molecule has 116 valence electrons. The number of thioether (sulfide) groups is 1.